The average molecular weight is 575 g/mol. The Balaban J connectivity index is 1.20. The van der Waals surface area contributed by atoms with Crippen molar-refractivity contribution in [1.82, 2.24) is 4.90 Å². The van der Waals surface area contributed by atoms with E-state index in [1.54, 1.807) is 32.4 Å². The van der Waals surface area contributed by atoms with Gasteiger partial charge in [0.2, 0.25) is 0 Å². The van der Waals surface area contributed by atoms with Crippen molar-refractivity contribution in [3.8, 4) is 23.0 Å². The highest BCUT2D eigenvalue weighted by Crippen LogP contribution is 2.44. The molecule has 1 aliphatic carbocycles. The van der Waals surface area contributed by atoms with Gasteiger partial charge in [0.15, 0.2) is 23.1 Å². The number of phenols is 1. The summed E-state index contributed by atoms with van der Waals surface area (Å²) in [5.74, 6) is 2.00. The fraction of sp³-hybridized carbons (Fsp3) is 0.486. The van der Waals surface area contributed by atoms with Crippen LogP contribution in [-0.2, 0) is 19.4 Å². The summed E-state index contributed by atoms with van der Waals surface area (Å²) in [5, 5.41) is 9.96. The smallest absolute Gasteiger partial charge is 0.165 e. The first-order chi connectivity index (χ1) is 20.5. The molecule has 2 saturated heterocycles. The van der Waals surface area contributed by atoms with Gasteiger partial charge < -0.3 is 24.2 Å². The normalized spacial score (nSPS) is 21.3. The molecule has 7 heteroatoms. The zero-order chi connectivity index (χ0) is 29.2. The van der Waals surface area contributed by atoms with E-state index in [1.165, 1.54) is 42.4 Å². The number of hydrogen-bond donors (Lipinski definition) is 1. The van der Waals surface area contributed by atoms with Crippen LogP contribution in [0.5, 0.6) is 23.0 Å². The minimum Gasteiger partial charge on any atom is -0.508 e. The molecule has 3 aliphatic rings. The fourth-order valence-electron chi connectivity index (χ4n) is 7.49. The van der Waals surface area contributed by atoms with Gasteiger partial charge in [-0.15, -0.1) is 0 Å². The lowest BCUT2D eigenvalue weighted by molar-refractivity contribution is 0.190. The summed E-state index contributed by atoms with van der Waals surface area (Å²) in [7, 11) is 3.32. The van der Waals surface area contributed by atoms with E-state index in [0.717, 1.165) is 43.6 Å². The minimum atomic E-state index is -0.312. The van der Waals surface area contributed by atoms with E-state index >= 15 is 4.39 Å². The molecule has 6 nitrogen and oxygen atoms in total. The second-order valence-corrected chi connectivity index (χ2v) is 12.0. The number of aromatic hydroxyl groups is 1. The highest BCUT2D eigenvalue weighted by molar-refractivity contribution is 5.64. The SMILES string of the molecule is CCN(Cc1ccc(OCCN2C3CCC2CC3)c(F)c1)c1cc(OC)c(OC)cc1[C@@H]1CCc2cc(O)ccc2C1. The van der Waals surface area contributed by atoms with Crippen molar-refractivity contribution in [2.24, 2.45) is 0 Å². The Morgan fingerprint density at radius 3 is 2.31 bits per heavy atom. The van der Waals surface area contributed by atoms with Crippen LogP contribution in [0.15, 0.2) is 48.5 Å². The minimum absolute atomic E-state index is 0.282. The molecule has 0 aromatic heterocycles. The van der Waals surface area contributed by atoms with Gasteiger partial charge in [-0.2, -0.15) is 0 Å². The van der Waals surface area contributed by atoms with E-state index in [9.17, 15) is 5.11 Å². The summed E-state index contributed by atoms with van der Waals surface area (Å²) in [4.78, 5) is 4.84. The summed E-state index contributed by atoms with van der Waals surface area (Å²) in [6.07, 6.45) is 7.93. The van der Waals surface area contributed by atoms with Crippen LogP contribution in [0.2, 0.25) is 0 Å². The van der Waals surface area contributed by atoms with Gasteiger partial charge in [0.05, 0.1) is 14.2 Å². The number of benzene rings is 3. The molecule has 0 spiro atoms. The van der Waals surface area contributed by atoms with Crippen molar-refractivity contribution < 1.29 is 23.7 Å². The topological polar surface area (TPSA) is 54.4 Å². The number of ether oxygens (including phenoxy) is 3. The Bertz CT molecular complexity index is 1390. The van der Waals surface area contributed by atoms with Crippen molar-refractivity contribution in [2.75, 3.05) is 38.8 Å². The van der Waals surface area contributed by atoms with Gasteiger partial charge in [-0.05, 0) is 110 Å². The molecule has 1 N–H and O–H groups in total. The molecule has 2 heterocycles. The zero-order valence-corrected chi connectivity index (χ0v) is 25.1. The number of aryl methyl sites for hydroxylation is 1. The lowest BCUT2D eigenvalue weighted by atomic mass is 9.79. The number of rotatable bonds is 11. The highest BCUT2D eigenvalue weighted by atomic mass is 19.1. The van der Waals surface area contributed by atoms with Gasteiger partial charge in [0, 0.05) is 43.5 Å². The van der Waals surface area contributed by atoms with Crippen LogP contribution in [0.3, 0.4) is 0 Å². The summed E-state index contributed by atoms with van der Waals surface area (Å²) in [6.45, 7) is 4.82. The van der Waals surface area contributed by atoms with Crippen molar-refractivity contribution >= 4 is 5.69 Å². The maximum absolute atomic E-state index is 15.2. The van der Waals surface area contributed by atoms with Gasteiger partial charge in [0.25, 0.3) is 0 Å². The molecule has 2 fully saturated rings. The molecule has 2 aliphatic heterocycles. The van der Waals surface area contributed by atoms with Crippen LogP contribution in [0, 0.1) is 5.82 Å². The number of phenolic OH excluding ortho intramolecular Hbond substituents is 1. The lowest BCUT2D eigenvalue weighted by Gasteiger charge is -2.32. The average Bonchev–Trinajstić information content (AvgIpc) is 3.59. The number of hydrogen-bond acceptors (Lipinski definition) is 6. The number of methoxy groups -OCH3 is 2. The van der Waals surface area contributed by atoms with Crippen LogP contribution < -0.4 is 19.1 Å². The predicted octanol–water partition coefficient (Wildman–Crippen LogP) is 6.85. The highest BCUT2D eigenvalue weighted by Gasteiger charge is 2.38. The Kier molecular flexibility index (Phi) is 8.48. The maximum Gasteiger partial charge on any atom is 0.165 e. The van der Waals surface area contributed by atoms with E-state index < -0.39 is 0 Å². The molecule has 0 unspecified atom stereocenters. The molecule has 224 valence electrons. The monoisotopic (exact) mass is 574 g/mol. The molecule has 0 radical (unpaired) electrons. The van der Waals surface area contributed by atoms with Gasteiger partial charge in [-0.1, -0.05) is 12.1 Å². The summed E-state index contributed by atoms with van der Waals surface area (Å²) in [5.41, 5.74) is 5.64. The number of halogens is 1. The number of fused-ring (bicyclic) bond motifs is 3. The van der Waals surface area contributed by atoms with E-state index in [0.29, 0.717) is 48.2 Å². The molecule has 3 aromatic carbocycles. The lowest BCUT2D eigenvalue weighted by Crippen LogP contribution is -2.32. The second-order valence-electron chi connectivity index (χ2n) is 12.0. The molecule has 2 bridgehead atoms. The van der Waals surface area contributed by atoms with Gasteiger partial charge in [0.1, 0.15) is 12.4 Å². The first-order valence-corrected chi connectivity index (χ1v) is 15.5. The van der Waals surface area contributed by atoms with Crippen molar-refractivity contribution in [3.05, 3.63) is 76.6 Å². The van der Waals surface area contributed by atoms with Crippen molar-refractivity contribution in [3.63, 3.8) is 0 Å². The largest absolute Gasteiger partial charge is 0.508 e. The molecule has 3 aromatic rings. The summed E-state index contributed by atoms with van der Waals surface area (Å²) in [6, 6.07) is 16.6. The number of nitrogens with zero attached hydrogens (tertiary/aromatic N) is 2. The molecule has 1 atom stereocenters. The Hall–Kier alpha value is -3.45. The van der Waals surface area contributed by atoms with Gasteiger partial charge >= 0.3 is 0 Å². The zero-order valence-electron chi connectivity index (χ0n) is 25.1. The van der Waals surface area contributed by atoms with Crippen molar-refractivity contribution in [2.45, 2.75) is 76.4 Å². The van der Waals surface area contributed by atoms with Crippen LogP contribution in [-0.4, -0.2) is 56.0 Å². The third-order valence-electron chi connectivity index (χ3n) is 9.69. The predicted molar refractivity (Wildman–Crippen MR) is 164 cm³/mol. The Morgan fingerprint density at radius 2 is 1.62 bits per heavy atom. The van der Waals surface area contributed by atoms with Crippen molar-refractivity contribution in [1.29, 1.82) is 0 Å². The Morgan fingerprint density at radius 1 is 0.881 bits per heavy atom. The fourth-order valence-corrected chi connectivity index (χ4v) is 7.49. The second kappa shape index (κ2) is 12.4. The molecular weight excluding hydrogens is 531 g/mol. The van der Waals surface area contributed by atoms with E-state index in [1.807, 2.05) is 18.2 Å². The first kappa shape index (κ1) is 28.7. The Labute approximate surface area is 249 Å². The number of anilines is 1. The van der Waals surface area contributed by atoms with E-state index in [-0.39, 0.29) is 11.7 Å². The van der Waals surface area contributed by atoms with Crippen LogP contribution >= 0.6 is 0 Å². The first-order valence-electron chi connectivity index (χ1n) is 15.5. The van der Waals surface area contributed by atoms with Crippen LogP contribution in [0.1, 0.15) is 67.2 Å². The van der Waals surface area contributed by atoms with Crippen LogP contribution in [0.4, 0.5) is 10.1 Å². The molecular formula is C35H43FN2O4. The van der Waals surface area contributed by atoms with E-state index in [2.05, 4.69) is 28.9 Å². The van der Waals surface area contributed by atoms with Crippen LogP contribution in [0.25, 0.3) is 0 Å². The third-order valence-corrected chi connectivity index (χ3v) is 9.69. The quantitative estimate of drug-likeness (QED) is 0.270. The molecule has 0 saturated carbocycles. The third kappa shape index (κ3) is 5.76. The molecule has 42 heavy (non-hydrogen) atoms. The molecule has 0 amide bonds. The van der Waals surface area contributed by atoms with E-state index in [4.69, 9.17) is 14.2 Å². The maximum atomic E-state index is 15.2. The van der Waals surface area contributed by atoms with Gasteiger partial charge in [-0.3, -0.25) is 4.90 Å². The summed E-state index contributed by atoms with van der Waals surface area (Å²) >= 11 is 0. The molecule has 6 rings (SSSR count). The summed E-state index contributed by atoms with van der Waals surface area (Å²) < 4.78 is 32.5. The standard InChI is InChI=1S/C35H43FN2O4/c1-4-37(22-23-5-14-33(31(36)17-23)42-16-15-38-27-9-10-28(38)12-11-27)32-21-35(41-3)34(40-2)20-30(32)26-7-6-25-19-29(39)13-8-24(25)18-26/h5,8,13-14,17,19-21,26-28,39H,4,6-7,9-12,15-16,18,22H2,1-3H3/t26-,27?,28?/m1/s1. The van der Waals surface area contributed by atoms with Gasteiger partial charge in [-0.25, -0.2) is 4.39 Å².